The first kappa shape index (κ1) is 14.3. The topological polar surface area (TPSA) is 104 Å². The van der Waals surface area contributed by atoms with Crippen LogP contribution in [0.5, 0.6) is 0 Å². The fourth-order valence-corrected chi connectivity index (χ4v) is 2.41. The fourth-order valence-electron chi connectivity index (χ4n) is 0.942. The molecule has 0 radical (unpaired) electrons. The maximum Gasteiger partial charge on any atom is 0.324 e. The third kappa shape index (κ3) is 5.71. The van der Waals surface area contributed by atoms with Crippen LogP contribution >= 0.6 is 0 Å². The summed E-state index contributed by atoms with van der Waals surface area (Å²) in [6.45, 7) is 3.06. The highest BCUT2D eigenvalue weighted by Gasteiger charge is 2.27. The third-order valence-corrected chi connectivity index (χ3v) is 3.26. The van der Waals surface area contributed by atoms with Crippen LogP contribution in [0.1, 0.15) is 26.7 Å². The lowest BCUT2D eigenvalue weighted by molar-refractivity contribution is -0.141. The molecule has 7 heteroatoms. The predicted octanol–water partition coefficient (Wildman–Crippen LogP) is -0.460. The molecule has 2 atom stereocenters. The van der Waals surface area contributed by atoms with Crippen molar-refractivity contribution in [2.45, 2.75) is 38.8 Å². The van der Waals surface area contributed by atoms with Crippen LogP contribution in [-0.4, -0.2) is 42.5 Å². The monoisotopic (exact) mass is 239 g/mol. The standard InChI is InChI=1S/C8H17NO5S/c1-3-4-5-15(13,14)9-7(6(2)10)8(11)12/h6-7,9-10H,3-5H2,1-2H3,(H,11,12). The van der Waals surface area contributed by atoms with Crippen molar-refractivity contribution in [1.82, 2.24) is 4.72 Å². The minimum absolute atomic E-state index is 0.125. The average molecular weight is 239 g/mol. The number of aliphatic hydroxyl groups is 1. The van der Waals surface area contributed by atoms with Gasteiger partial charge in [0.2, 0.25) is 10.0 Å². The molecule has 0 fully saturated rings. The van der Waals surface area contributed by atoms with Crippen molar-refractivity contribution in [2.75, 3.05) is 5.75 Å². The van der Waals surface area contributed by atoms with Crippen molar-refractivity contribution in [3.05, 3.63) is 0 Å². The Bertz CT molecular complexity index is 298. The van der Waals surface area contributed by atoms with E-state index in [4.69, 9.17) is 10.2 Å². The normalized spacial score (nSPS) is 15.9. The Morgan fingerprint density at radius 3 is 2.33 bits per heavy atom. The molecule has 0 rings (SSSR count). The van der Waals surface area contributed by atoms with Gasteiger partial charge < -0.3 is 10.2 Å². The van der Waals surface area contributed by atoms with Gasteiger partial charge in [-0.1, -0.05) is 13.3 Å². The Morgan fingerprint density at radius 2 is 2.00 bits per heavy atom. The second kappa shape index (κ2) is 6.04. The summed E-state index contributed by atoms with van der Waals surface area (Å²) in [6.07, 6.45) is -0.103. The van der Waals surface area contributed by atoms with Gasteiger partial charge >= 0.3 is 5.97 Å². The molecule has 0 saturated heterocycles. The molecule has 90 valence electrons. The molecule has 0 aromatic rings. The van der Waals surface area contributed by atoms with E-state index in [-0.39, 0.29) is 5.75 Å². The van der Waals surface area contributed by atoms with Gasteiger partial charge in [-0.15, -0.1) is 0 Å². The van der Waals surface area contributed by atoms with Gasteiger partial charge in [-0.2, -0.15) is 4.72 Å². The summed E-state index contributed by atoms with van der Waals surface area (Å²) in [7, 11) is -3.62. The number of hydrogen-bond acceptors (Lipinski definition) is 4. The first-order valence-corrected chi connectivity index (χ1v) is 6.36. The molecule has 0 saturated carbocycles. The van der Waals surface area contributed by atoms with Crippen LogP contribution in [0.3, 0.4) is 0 Å². The number of carboxylic acid groups (broad SMARTS) is 1. The number of rotatable bonds is 7. The number of carbonyl (C=O) groups is 1. The Kier molecular flexibility index (Phi) is 5.77. The fraction of sp³-hybridized carbons (Fsp3) is 0.875. The number of sulfonamides is 1. The highest BCUT2D eigenvalue weighted by molar-refractivity contribution is 7.89. The van der Waals surface area contributed by atoms with Crippen LogP contribution in [0.4, 0.5) is 0 Å². The number of nitrogens with one attached hydrogen (secondary N) is 1. The summed E-state index contributed by atoms with van der Waals surface area (Å²) in [5, 5.41) is 17.7. The summed E-state index contributed by atoms with van der Waals surface area (Å²) in [4.78, 5) is 10.6. The highest BCUT2D eigenvalue weighted by Crippen LogP contribution is 1.99. The molecular formula is C8H17NO5S. The van der Waals surface area contributed by atoms with Gasteiger partial charge in [-0.3, -0.25) is 4.79 Å². The van der Waals surface area contributed by atoms with Crippen molar-refractivity contribution in [3.8, 4) is 0 Å². The summed E-state index contributed by atoms with van der Waals surface area (Å²) < 4.78 is 24.6. The molecule has 0 aliphatic carbocycles. The lowest BCUT2D eigenvalue weighted by Gasteiger charge is -2.16. The van der Waals surface area contributed by atoms with E-state index in [0.717, 1.165) is 0 Å². The minimum Gasteiger partial charge on any atom is -0.480 e. The van der Waals surface area contributed by atoms with Crippen molar-refractivity contribution in [2.24, 2.45) is 0 Å². The quantitative estimate of drug-likeness (QED) is 0.557. The van der Waals surface area contributed by atoms with E-state index in [1.54, 1.807) is 0 Å². The Hall–Kier alpha value is -0.660. The first-order chi connectivity index (χ1) is 6.80. The first-order valence-electron chi connectivity index (χ1n) is 4.71. The molecule has 0 aromatic heterocycles. The van der Waals surface area contributed by atoms with E-state index in [2.05, 4.69) is 0 Å². The molecule has 0 spiro atoms. The maximum atomic E-state index is 11.3. The van der Waals surface area contributed by atoms with E-state index >= 15 is 0 Å². The number of carboxylic acids is 1. The molecule has 0 heterocycles. The Labute approximate surface area is 89.4 Å². The molecule has 0 aliphatic rings. The van der Waals surface area contributed by atoms with Crippen LogP contribution in [0.15, 0.2) is 0 Å². The van der Waals surface area contributed by atoms with Crippen molar-refractivity contribution in [3.63, 3.8) is 0 Å². The van der Waals surface area contributed by atoms with E-state index in [1.807, 2.05) is 11.6 Å². The minimum atomic E-state index is -3.62. The van der Waals surface area contributed by atoms with Crippen molar-refractivity contribution >= 4 is 16.0 Å². The Morgan fingerprint density at radius 1 is 1.47 bits per heavy atom. The second-order valence-electron chi connectivity index (χ2n) is 3.35. The second-order valence-corrected chi connectivity index (χ2v) is 5.22. The van der Waals surface area contributed by atoms with Crippen LogP contribution in [0, 0.1) is 0 Å². The van der Waals surface area contributed by atoms with Gasteiger partial charge in [0, 0.05) is 0 Å². The van der Waals surface area contributed by atoms with E-state index in [0.29, 0.717) is 12.8 Å². The molecule has 3 N–H and O–H groups in total. The number of aliphatic hydroxyl groups excluding tert-OH is 1. The number of hydrogen-bond donors (Lipinski definition) is 3. The SMILES string of the molecule is CCCCS(=O)(=O)NC(C(=O)O)C(C)O. The summed E-state index contributed by atoms with van der Waals surface area (Å²) in [6, 6.07) is -1.48. The largest absolute Gasteiger partial charge is 0.480 e. The van der Waals surface area contributed by atoms with E-state index in [1.165, 1.54) is 6.92 Å². The molecule has 0 aromatic carbocycles. The van der Waals surface area contributed by atoms with Gasteiger partial charge in [0.1, 0.15) is 6.04 Å². The lowest BCUT2D eigenvalue weighted by Crippen LogP contribution is -2.48. The van der Waals surface area contributed by atoms with Crippen LogP contribution < -0.4 is 4.72 Å². The van der Waals surface area contributed by atoms with Gasteiger partial charge in [0.15, 0.2) is 0 Å². The molecule has 0 amide bonds. The van der Waals surface area contributed by atoms with Crippen molar-refractivity contribution < 1.29 is 23.4 Å². The summed E-state index contributed by atoms with van der Waals surface area (Å²) in [5.41, 5.74) is 0. The zero-order valence-electron chi connectivity index (χ0n) is 8.80. The van der Waals surface area contributed by atoms with E-state index < -0.39 is 28.1 Å². The maximum absolute atomic E-state index is 11.3. The van der Waals surface area contributed by atoms with Crippen LogP contribution in [0.2, 0.25) is 0 Å². The van der Waals surface area contributed by atoms with Gasteiger partial charge in [-0.05, 0) is 13.3 Å². The Balaban J connectivity index is 4.46. The summed E-state index contributed by atoms with van der Waals surface area (Å²) in [5.74, 6) is -1.51. The summed E-state index contributed by atoms with van der Waals surface area (Å²) >= 11 is 0. The van der Waals surface area contributed by atoms with Gasteiger partial charge in [-0.25, -0.2) is 8.42 Å². The van der Waals surface area contributed by atoms with Gasteiger partial charge in [0.05, 0.1) is 11.9 Å². The predicted molar refractivity (Wildman–Crippen MR) is 54.9 cm³/mol. The molecule has 15 heavy (non-hydrogen) atoms. The van der Waals surface area contributed by atoms with Crippen molar-refractivity contribution in [1.29, 1.82) is 0 Å². The lowest BCUT2D eigenvalue weighted by atomic mass is 10.2. The van der Waals surface area contributed by atoms with Crippen LogP contribution in [0.25, 0.3) is 0 Å². The zero-order chi connectivity index (χ0) is 12.1. The smallest absolute Gasteiger partial charge is 0.324 e. The number of aliphatic carboxylic acids is 1. The molecule has 0 bridgehead atoms. The van der Waals surface area contributed by atoms with Crippen LogP contribution in [-0.2, 0) is 14.8 Å². The average Bonchev–Trinajstić information content (AvgIpc) is 2.10. The molecule has 0 aliphatic heterocycles. The molecule has 6 nitrogen and oxygen atoms in total. The molecular weight excluding hydrogens is 222 g/mol. The third-order valence-electron chi connectivity index (χ3n) is 1.82. The zero-order valence-corrected chi connectivity index (χ0v) is 9.62. The highest BCUT2D eigenvalue weighted by atomic mass is 32.2. The molecule has 2 unspecified atom stereocenters. The van der Waals surface area contributed by atoms with E-state index in [9.17, 15) is 13.2 Å². The van der Waals surface area contributed by atoms with Gasteiger partial charge in [0.25, 0.3) is 0 Å². The number of unbranched alkanes of at least 4 members (excludes halogenated alkanes) is 1.